The van der Waals surface area contributed by atoms with E-state index < -0.39 is 6.04 Å². The molecule has 0 saturated carbocycles. The standard InChI is InChI=1S/C30H27NO7/c1-5-35-21-9-7-19(13-24(21)34-4)27-26-28(32)20-10-16(2)17(3)11-23(20)38-29(26)30(33)31(27)14-18-6-8-22-25(12-18)37-15-36-22/h6-13,27H,5,14-15H2,1-4H3. The van der Waals surface area contributed by atoms with Crippen molar-refractivity contribution in [2.75, 3.05) is 20.5 Å². The van der Waals surface area contributed by atoms with E-state index in [4.69, 9.17) is 23.4 Å². The zero-order chi connectivity index (χ0) is 26.6. The van der Waals surface area contributed by atoms with Crippen LogP contribution in [0.1, 0.15) is 51.3 Å². The van der Waals surface area contributed by atoms with Crippen LogP contribution in [0, 0.1) is 13.8 Å². The summed E-state index contributed by atoms with van der Waals surface area (Å²) in [5.41, 5.74) is 4.01. The fourth-order valence-corrected chi connectivity index (χ4v) is 5.15. The van der Waals surface area contributed by atoms with Gasteiger partial charge in [-0.15, -0.1) is 0 Å². The molecule has 0 aliphatic carbocycles. The van der Waals surface area contributed by atoms with Crippen molar-refractivity contribution < 1.29 is 28.2 Å². The normalized spacial score (nSPS) is 15.7. The van der Waals surface area contributed by atoms with Crippen LogP contribution >= 0.6 is 0 Å². The van der Waals surface area contributed by atoms with E-state index in [0.29, 0.717) is 51.7 Å². The first-order valence-electron chi connectivity index (χ1n) is 12.5. The van der Waals surface area contributed by atoms with E-state index >= 15 is 0 Å². The Bertz CT molecular complexity index is 1660. The van der Waals surface area contributed by atoms with E-state index in [-0.39, 0.29) is 30.4 Å². The van der Waals surface area contributed by atoms with Crippen molar-refractivity contribution in [3.63, 3.8) is 0 Å². The number of fused-ring (bicyclic) bond motifs is 3. The van der Waals surface area contributed by atoms with E-state index in [1.807, 2.05) is 63.2 Å². The summed E-state index contributed by atoms with van der Waals surface area (Å²) >= 11 is 0. The highest BCUT2D eigenvalue weighted by molar-refractivity contribution is 5.99. The van der Waals surface area contributed by atoms with Gasteiger partial charge in [0, 0.05) is 6.54 Å². The van der Waals surface area contributed by atoms with Gasteiger partial charge in [-0.1, -0.05) is 12.1 Å². The molecule has 1 aromatic heterocycles. The maximum Gasteiger partial charge on any atom is 0.291 e. The molecule has 4 aromatic rings. The average molecular weight is 514 g/mol. The van der Waals surface area contributed by atoms with Gasteiger partial charge < -0.3 is 28.3 Å². The van der Waals surface area contributed by atoms with Crippen molar-refractivity contribution in [3.05, 3.63) is 92.3 Å². The lowest BCUT2D eigenvalue weighted by Gasteiger charge is -2.26. The third-order valence-electron chi connectivity index (χ3n) is 7.18. The van der Waals surface area contributed by atoms with Gasteiger partial charge in [0.2, 0.25) is 12.6 Å². The van der Waals surface area contributed by atoms with E-state index in [2.05, 4.69) is 0 Å². The van der Waals surface area contributed by atoms with Crippen LogP contribution in [0.3, 0.4) is 0 Å². The third-order valence-corrected chi connectivity index (χ3v) is 7.18. The lowest BCUT2D eigenvalue weighted by molar-refractivity contribution is 0.0714. The van der Waals surface area contributed by atoms with Gasteiger partial charge in [0.05, 0.1) is 30.7 Å². The summed E-state index contributed by atoms with van der Waals surface area (Å²) in [7, 11) is 1.56. The van der Waals surface area contributed by atoms with Crippen molar-refractivity contribution in [1.29, 1.82) is 0 Å². The van der Waals surface area contributed by atoms with Crippen LogP contribution in [0.4, 0.5) is 0 Å². The SMILES string of the molecule is CCOc1ccc(C2c3c(oc4cc(C)c(C)cc4c3=O)C(=O)N2Cc2ccc3c(c2)OCO3)cc1OC. The minimum atomic E-state index is -0.685. The molecule has 8 nitrogen and oxygen atoms in total. The maximum atomic E-state index is 14.0. The largest absolute Gasteiger partial charge is 0.493 e. The second-order valence-electron chi connectivity index (χ2n) is 9.47. The molecule has 0 fully saturated rings. The van der Waals surface area contributed by atoms with Gasteiger partial charge in [-0.25, -0.2) is 0 Å². The fraction of sp³-hybridized carbons (Fsp3) is 0.267. The van der Waals surface area contributed by atoms with Crippen LogP contribution in [-0.2, 0) is 6.54 Å². The topological polar surface area (TPSA) is 87.4 Å². The molecule has 3 heterocycles. The van der Waals surface area contributed by atoms with Gasteiger partial charge in [0.1, 0.15) is 5.58 Å². The highest BCUT2D eigenvalue weighted by Gasteiger charge is 2.43. The lowest BCUT2D eigenvalue weighted by Crippen LogP contribution is -2.29. The number of carbonyl (C=O) groups excluding carboxylic acids is 1. The summed E-state index contributed by atoms with van der Waals surface area (Å²) in [6.07, 6.45) is 0. The Morgan fingerprint density at radius 1 is 0.947 bits per heavy atom. The molecule has 1 unspecified atom stereocenters. The Hall–Kier alpha value is -4.46. The average Bonchev–Trinajstić information content (AvgIpc) is 3.48. The molecule has 6 rings (SSSR count). The molecule has 38 heavy (non-hydrogen) atoms. The van der Waals surface area contributed by atoms with Crippen molar-refractivity contribution >= 4 is 16.9 Å². The molecular weight excluding hydrogens is 486 g/mol. The number of benzene rings is 3. The smallest absolute Gasteiger partial charge is 0.291 e. The van der Waals surface area contributed by atoms with Gasteiger partial charge in [-0.3, -0.25) is 9.59 Å². The molecule has 0 saturated heterocycles. The van der Waals surface area contributed by atoms with Gasteiger partial charge in [0.15, 0.2) is 28.4 Å². The van der Waals surface area contributed by atoms with Crippen molar-refractivity contribution in [2.45, 2.75) is 33.4 Å². The molecule has 0 N–H and O–H groups in total. The van der Waals surface area contributed by atoms with Gasteiger partial charge in [-0.2, -0.15) is 0 Å². The zero-order valence-electron chi connectivity index (χ0n) is 21.6. The van der Waals surface area contributed by atoms with Gasteiger partial charge in [-0.05, 0) is 79.4 Å². The Balaban J connectivity index is 1.53. The lowest BCUT2D eigenvalue weighted by atomic mass is 9.97. The van der Waals surface area contributed by atoms with E-state index in [1.54, 1.807) is 18.1 Å². The van der Waals surface area contributed by atoms with E-state index in [0.717, 1.165) is 16.7 Å². The number of aryl methyl sites for hydroxylation is 2. The summed E-state index contributed by atoms with van der Waals surface area (Å²) in [6, 6.07) is 14.0. The molecule has 3 aromatic carbocycles. The maximum absolute atomic E-state index is 14.0. The molecule has 8 heteroatoms. The second kappa shape index (κ2) is 9.13. The molecule has 194 valence electrons. The quantitative estimate of drug-likeness (QED) is 0.346. The third kappa shape index (κ3) is 3.75. The summed E-state index contributed by atoms with van der Waals surface area (Å²) in [5, 5.41) is 0.451. The van der Waals surface area contributed by atoms with Crippen molar-refractivity contribution in [3.8, 4) is 23.0 Å². The van der Waals surface area contributed by atoms with Gasteiger partial charge >= 0.3 is 0 Å². The Morgan fingerprint density at radius 3 is 2.53 bits per heavy atom. The van der Waals surface area contributed by atoms with Crippen molar-refractivity contribution in [2.24, 2.45) is 0 Å². The molecule has 1 amide bonds. The van der Waals surface area contributed by atoms with Crippen LogP contribution < -0.4 is 24.4 Å². The second-order valence-corrected chi connectivity index (χ2v) is 9.47. The molecule has 1 atom stereocenters. The number of nitrogens with zero attached hydrogens (tertiary/aromatic N) is 1. The first kappa shape index (κ1) is 23.9. The summed E-state index contributed by atoms with van der Waals surface area (Å²) in [5.74, 6) is 2.09. The highest BCUT2D eigenvalue weighted by atomic mass is 16.7. The molecular formula is C30H27NO7. The van der Waals surface area contributed by atoms with E-state index in [1.165, 1.54) is 0 Å². The Labute approximate surface area is 219 Å². The summed E-state index contributed by atoms with van der Waals surface area (Å²) < 4.78 is 28.4. The number of carbonyl (C=O) groups is 1. The van der Waals surface area contributed by atoms with Crippen LogP contribution in [0.25, 0.3) is 11.0 Å². The summed E-state index contributed by atoms with van der Waals surface area (Å²) in [4.78, 5) is 29.5. The van der Waals surface area contributed by atoms with Crippen LogP contribution in [0.5, 0.6) is 23.0 Å². The van der Waals surface area contributed by atoms with Crippen molar-refractivity contribution in [1.82, 2.24) is 4.90 Å². The number of ether oxygens (including phenoxy) is 4. The van der Waals surface area contributed by atoms with E-state index in [9.17, 15) is 9.59 Å². The summed E-state index contributed by atoms with van der Waals surface area (Å²) in [6.45, 7) is 6.66. The molecule has 2 aliphatic rings. The Kier molecular flexibility index (Phi) is 5.75. The number of hydrogen-bond acceptors (Lipinski definition) is 7. The molecule has 2 aliphatic heterocycles. The minimum Gasteiger partial charge on any atom is -0.493 e. The van der Waals surface area contributed by atoms with Gasteiger partial charge in [0.25, 0.3) is 5.91 Å². The molecule has 0 radical (unpaired) electrons. The zero-order valence-corrected chi connectivity index (χ0v) is 21.6. The number of amides is 1. The van der Waals surface area contributed by atoms with Crippen LogP contribution in [0.15, 0.2) is 57.7 Å². The van der Waals surface area contributed by atoms with Crippen LogP contribution in [0.2, 0.25) is 0 Å². The highest BCUT2D eigenvalue weighted by Crippen LogP contribution is 2.42. The fourth-order valence-electron chi connectivity index (χ4n) is 5.15. The monoisotopic (exact) mass is 513 g/mol. The first-order chi connectivity index (χ1) is 18.4. The Morgan fingerprint density at radius 2 is 1.74 bits per heavy atom. The molecule has 0 spiro atoms. The predicted molar refractivity (Wildman–Crippen MR) is 140 cm³/mol. The number of methoxy groups -OCH3 is 1. The number of rotatable bonds is 6. The number of hydrogen-bond donors (Lipinski definition) is 0. The van der Waals surface area contributed by atoms with Crippen LogP contribution in [-0.4, -0.2) is 31.3 Å². The predicted octanol–water partition coefficient (Wildman–Crippen LogP) is 5.29. The molecule has 0 bridgehead atoms. The minimum absolute atomic E-state index is 0.0596. The first-order valence-corrected chi connectivity index (χ1v) is 12.5.